The van der Waals surface area contributed by atoms with Crippen LogP contribution in [0.5, 0.6) is 0 Å². The molecule has 278 valence electrons. The van der Waals surface area contributed by atoms with Gasteiger partial charge in [-0.1, -0.05) is 84.9 Å². The van der Waals surface area contributed by atoms with E-state index in [0.717, 1.165) is 59.9 Å². The molecule has 0 spiro atoms. The third-order valence-electron chi connectivity index (χ3n) is 10.2. The van der Waals surface area contributed by atoms with E-state index in [0.29, 0.717) is 30.1 Å². The summed E-state index contributed by atoms with van der Waals surface area (Å²) in [5.41, 5.74) is 5.85. The number of hydrogen-bond donors (Lipinski definition) is 2. The van der Waals surface area contributed by atoms with Crippen LogP contribution >= 0.6 is 0 Å². The number of fused-ring (bicyclic) bond motifs is 1. The number of imidazole rings is 1. The normalized spacial score (nSPS) is 18.2. The van der Waals surface area contributed by atoms with Crippen LogP contribution in [0.2, 0.25) is 0 Å². The average Bonchev–Trinajstić information content (AvgIpc) is 3.99. The predicted octanol–water partition coefficient (Wildman–Crippen LogP) is 6.27. The molecular weight excluding hydrogens is 686 g/mol. The number of aliphatic imine (C=N–C) groups is 1. The van der Waals surface area contributed by atoms with Crippen LogP contribution in [0.25, 0.3) is 22.3 Å². The fraction of sp³-hybridized carbons (Fsp3) is 0.317. The lowest BCUT2D eigenvalue weighted by molar-refractivity contribution is -0.188. The van der Waals surface area contributed by atoms with Gasteiger partial charge in [0.15, 0.2) is 11.7 Å². The van der Waals surface area contributed by atoms with Gasteiger partial charge in [-0.3, -0.25) is 9.59 Å². The summed E-state index contributed by atoms with van der Waals surface area (Å²) in [7, 11) is 2.67. The fourth-order valence-corrected chi connectivity index (χ4v) is 7.48. The Kier molecular flexibility index (Phi) is 11.2. The number of H-pyrrole nitrogens is 1. The zero-order valence-corrected chi connectivity index (χ0v) is 30.3. The van der Waals surface area contributed by atoms with Crippen molar-refractivity contribution in [2.45, 2.75) is 56.3 Å². The third-order valence-corrected chi connectivity index (χ3v) is 10.2. The molecule has 4 atom stereocenters. The number of benzene rings is 3. The largest absolute Gasteiger partial charge is 0.453 e. The van der Waals surface area contributed by atoms with E-state index in [1.54, 1.807) is 11.1 Å². The maximum absolute atomic E-state index is 13.9. The SMILES string of the molecule is COOC=N[C@@H](C(=O)N1CCC[C@H]1Cc1ccc(-c2cnc3nc(C4CCCN4C(=O)C(NC(=O)OC)c4ccccc4)[nH]c3c2)cc1)c1ccccc1. The van der Waals surface area contributed by atoms with Gasteiger partial charge in [0.05, 0.1) is 25.8 Å². The number of carbonyl (C=O) groups is 3. The number of aromatic nitrogens is 3. The number of pyridine rings is 1. The first-order valence-corrected chi connectivity index (χ1v) is 18.1. The molecule has 2 unspecified atom stereocenters. The van der Waals surface area contributed by atoms with Crippen molar-refractivity contribution in [2.24, 2.45) is 4.99 Å². The van der Waals surface area contributed by atoms with Gasteiger partial charge in [-0.05, 0) is 60.4 Å². The Morgan fingerprint density at radius 3 is 2.31 bits per heavy atom. The lowest BCUT2D eigenvalue weighted by Gasteiger charge is -2.28. The molecule has 0 radical (unpaired) electrons. The summed E-state index contributed by atoms with van der Waals surface area (Å²) >= 11 is 0. The quantitative estimate of drug-likeness (QED) is 0.0661. The zero-order chi connectivity index (χ0) is 37.4. The second-order valence-electron chi connectivity index (χ2n) is 13.4. The lowest BCUT2D eigenvalue weighted by Crippen LogP contribution is -2.42. The van der Waals surface area contributed by atoms with Gasteiger partial charge in [0.25, 0.3) is 11.8 Å². The van der Waals surface area contributed by atoms with Gasteiger partial charge in [0, 0.05) is 30.9 Å². The summed E-state index contributed by atoms with van der Waals surface area (Å²) in [6, 6.07) is 27.2. The number of alkyl carbamates (subject to hydrolysis) is 1. The highest BCUT2D eigenvalue weighted by atomic mass is 17.2. The molecule has 2 aliphatic heterocycles. The highest BCUT2D eigenvalue weighted by molar-refractivity contribution is 5.88. The number of amides is 3. The number of methoxy groups -OCH3 is 1. The van der Waals surface area contributed by atoms with E-state index in [1.165, 1.54) is 20.6 Å². The van der Waals surface area contributed by atoms with Crippen molar-refractivity contribution < 1.29 is 28.9 Å². The Hall–Kier alpha value is -6.08. The van der Waals surface area contributed by atoms with Crippen molar-refractivity contribution >= 4 is 35.5 Å². The van der Waals surface area contributed by atoms with Crippen molar-refractivity contribution in [3.05, 3.63) is 120 Å². The van der Waals surface area contributed by atoms with E-state index < -0.39 is 18.2 Å². The van der Waals surface area contributed by atoms with Gasteiger partial charge in [0.1, 0.15) is 11.9 Å². The average molecular weight is 730 g/mol. The number of carbonyl (C=O) groups excluding carboxylic acids is 3. The van der Waals surface area contributed by atoms with Gasteiger partial charge < -0.3 is 29.7 Å². The molecule has 13 nitrogen and oxygen atoms in total. The van der Waals surface area contributed by atoms with Crippen LogP contribution in [0.15, 0.2) is 102 Å². The minimum atomic E-state index is -0.893. The Morgan fingerprint density at radius 1 is 0.889 bits per heavy atom. The van der Waals surface area contributed by atoms with E-state index in [1.807, 2.05) is 71.6 Å². The van der Waals surface area contributed by atoms with Crippen LogP contribution in [-0.2, 0) is 30.5 Å². The number of likely N-dealkylation sites (tertiary alicyclic amines) is 2. The Balaban J connectivity index is 1.05. The molecule has 0 saturated carbocycles. The van der Waals surface area contributed by atoms with Crippen molar-refractivity contribution in [3.63, 3.8) is 0 Å². The Bertz CT molecular complexity index is 2090. The number of hydrogen-bond acceptors (Lipinski definition) is 9. The minimum Gasteiger partial charge on any atom is -0.453 e. The van der Waals surface area contributed by atoms with E-state index in [9.17, 15) is 14.4 Å². The van der Waals surface area contributed by atoms with E-state index in [4.69, 9.17) is 14.6 Å². The van der Waals surface area contributed by atoms with Gasteiger partial charge in [-0.25, -0.2) is 19.8 Å². The van der Waals surface area contributed by atoms with Crippen molar-refractivity contribution in [2.75, 3.05) is 27.3 Å². The smallest absolute Gasteiger partial charge is 0.407 e. The molecule has 2 aliphatic rings. The van der Waals surface area contributed by atoms with Crippen molar-refractivity contribution in [1.82, 2.24) is 30.1 Å². The van der Waals surface area contributed by atoms with Gasteiger partial charge in [-0.15, -0.1) is 0 Å². The first-order chi connectivity index (χ1) is 26.4. The highest BCUT2D eigenvalue weighted by Crippen LogP contribution is 2.35. The first kappa shape index (κ1) is 36.3. The highest BCUT2D eigenvalue weighted by Gasteiger charge is 2.37. The fourth-order valence-electron chi connectivity index (χ4n) is 7.48. The van der Waals surface area contributed by atoms with Crippen molar-refractivity contribution in [1.29, 1.82) is 0 Å². The number of rotatable bonds is 12. The van der Waals surface area contributed by atoms with Gasteiger partial charge in [0.2, 0.25) is 6.40 Å². The molecular formula is C41H43N7O6. The van der Waals surface area contributed by atoms with Crippen molar-refractivity contribution in [3.8, 4) is 11.1 Å². The Morgan fingerprint density at radius 2 is 1.59 bits per heavy atom. The first-order valence-electron chi connectivity index (χ1n) is 18.1. The molecule has 4 heterocycles. The second kappa shape index (κ2) is 16.7. The predicted molar refractivity (Wildman–Crippen MR) is 202 cm³/mol. The molecule has 0 aliphatic carbocycles. The van der Waals surface area contributed by atoms with E-state index in [2.05, 4.69) is 49.4 Å². The van der Waals surface area contributed by atoms with Gasteiger partial charge in [-0.2, -0.15) is 4.89 Å². The maximum atomic E-state index is 13.9. The Labute approximate surface area is 313 Å². The standard InChI is InChI=1S/C41H43N7O6/c1-52-41(51)45-36(30-13-7-4-8-14-30)40(50)48-22-10-16-34(48)38-44-33-24-31(25-42-37(33)46-38)28-19-17-27(18-20-28)23-32-15-9-21-47(32)39(49)35(43-26-54-53-2)29-11-5-3-6-12-29/h3-8,11-14,17-20,24-26,32,34-36H,9-10,15-16,21-23H2,1-2H3,(H,45,51)(H,42,44,46)/t32-,34?,35+,36?/m0/s1. The summed E-state index contributed by atoms with van der Waals surface area (Å²) in [4.78, 5) is 70.5. The monoisotopic (exact) mass is 729 g/mol. The van der Waals surface area contributed by atoms with Crippen LogP contribution in [0.4, 0.5) is 4.79 Å². The summed E-state index contributed by atoms with van der Waals surface area (Å²) in [5, 5.41) is 2.71. The number of nitrogens with zero attached hydrogens (tertiary/aromatic N) is 5. The summed E-state index contributed by atoms with van der Waals surface area (Å²) in [6.45, 7) is 1.21. The van der Waals surface area contributed by atoms with Gasteiger partial charge >= 0.3 is 6.09 Å². The molecule has 5 aromatic rings. The number of ether oxygens (including phenoxy) is 1. The van der Waals surface area contributed by atoms with Crippen LogP contribution in [-0.4, -0.2) is 82.4 Å². The third kappa shape index (κ3) is 7.96. The summed E-state index contributed by atoms with van der Waals surface area (Å²) in [6.07, 6.45) is 6.40. The summed E-state index contributed by atoms with van der Waals surface area (Å²) < 4.78 is 4.83. The van der Waals surface area contributed by atoms with Crippen LogP contribution < -0.4 is 5.32 Å². The molecule has 3 amide bonds. The molecule has 7 rings (SSSR count). The molecule has 2 aromatic heterocycles. The van der Waals surface area contributed by atoms with Crippen LogP contribution in [0, 0.1) is 0 Å². The second-order valence-corrected chi connectivity index (χ2v) is 13.4. The minimum absolute atomic E-state index is 0.0517. The zero-order valence-electron chi connectivity index (χ0n) is 30.3. The van der Waals surface area contributed by atoms with Crippen LogP contribution in [0.3, 0.4) is 0 Å². The molecule has 2 saturated heterocycles. The van der Waals surface area contributed by atoms with E-state index >= 15 is 0 Å². The molecule has 13 heteroatoms. The molecule has 2 fully saturated rings. The summed E-state index contributed by atoms with van der Waals surface area (Å²) in [5.74, 6) is 0.367. The molecule has 0 bridgehead atoms. The van der Waals surface area contributed by atoms with E-state index in [-0.39, 0.29) is 23.9 Å². The number of nitrogens with one attached hydrogen (secondary N) is 2. The number of aromatic amines is 1. The lowest BCUT2D eigenvalue weighted by atomic mass is 9.99. The molecule has 3 aromatic carbocycles. The molecule has 2 N–H and O–H groups in total. The van der Waals surface area contributed by atoms with Crippen LogP contribution in [0.1, 0.15) is 66.3 Å². The topological polar surface area (TPSA) is 151 Å². The molecule has 54 heavy (non-hydrogen) atoms. The maximum Gasteiger partial charge on any atom is 0.407 e.